The van der Waals surface area contributed by atoms with Crippen LogP contribution in [0.25, 0.3) is 0 Å². The zero-order valence-electron chi connectivity index (χ0n) is 22.6. The van der Waals surface area contributed by atoms with E-state index in [9.17, 15) is 13.2 Å². The molecule has 1 fully saturated rings. The lowest BCUT2D eigenvalue weighted by Gasteiger charge is -2.36. The lowest BCUT2D eigenvalue weighted by molar-refractivity contribution is -0.127. The van der Waals surface area contributed by atoms with E-state index in [-0.39, 0.29) is 18.6 Å². The van der Waals surface area contributed by atoms with Gasteiger partial charge in [0.25, 0.3) is 5.91 Å². The topological polar surface area (TPSA) is 96.5 Å². The number of ether oxygens (including phenoxy) is 1. The van der Waals surface area contributed by atoms with Gasteiger partial charge in [0, 0.05) is 22.6 Å². The van der Waals surface area contributed by atoms with Crippen molar-refractivity contribution >= 4 is 37.5 Å². The summed E-state index contributed by atoms with van der Waals surface area (Å²) in [5.41, 5.74) is 6.27. The fourth-order valence-corrected chi connectivity index (χ4v) is 7.59. The summed E-state index contributed by atoms with van der Waals surface area (Å²) >= 11 is 3.50. The molecule has 0 radical (unpaired) electrons. The molecule has 5 rings (SSSR count). The van der Waals surface area contributed by atoms with Crippen LogP contribution < -0.4 is 20.1 Å². The number of carbonyl (C=O) groups excluding carboxylic acids is 1. The molecule has 3 aromatic rings. The van der Waals surface area contributed by atoms with Crippen molar-refractivity contribution in [3.8, 4) is 0 Å². The average Bonchev–Trinajstić information content (AvgIpc) is 3.21. The number of amides is 1. The minimum atomic E-state index is -3.81. The van der Waals surface area contributed by atoms with Crippen molar-refractivity contribution < 1.29 is 17.9 Å². The molecule has 10 heteroatoms. The summed E-state index contributed by atoms with van der Waals surface area (Å²) in [6.07, 6.45) is 2.82. The predicted molar refractivity (Wildman–Crippen MR) is 161 cm³/mol. The van der Waals surface area contributed by atoms with Gasteiger partial charge >= 0.3 is 10.0 Å². The highest BCUT2D eigenvalue weighted by Crippen LogP contribution is 2.50. The van der Waals surface area contributed by atoms with Crippen LogP contribution in [0.5, 0.6) is 0 Å². The number of nitrogens with zero attached hydrogens (tertiary/aromatic N) is 1. The Morgan fingerprint density at radius 1 is 1.02 bits per heavy atom. The fraction of sp³-hybridized carbons (Fsp3) is 0.367. The van der Waals surface area contributed by atoms with Gasteiger partial charge in [-0.2, -0.15) is 13.8 Å². The van der Waals surface area contributed by atoms with Gasteiger partial charge in [-0.15, -0.1) is 0 Å². The van der Waals surface area contributed by atoms with Gasteiger partial charge in [0.05, 0.1) is 24.9 Å². The van der Waals surface area contributed by atoms with Crippen molar-refractivity contribution in [2.24, 2.45) is 0 Å². The molecule has 1 amide bonds. The number of hydrogen-bond acceptors (Lipinski definition) is 6. The molecule has 3 aromatic carbocycles. The van der Waals surface area contributed by atoms with Gasteiger partial charge in [0.15, 0.2) is 5.69 Å². The predicted octanol–water partition coefficient (Wildman–Crippen LogP) is 3.76. The first-order valence-corrected chi connectivity index (χ1v) is 16.2. The summed E-state index contributed by atoms with van der Waals surface area (Å²) in [4.78, 5) is 14.0. The van der Waals surface area contributed by atoms with Crippen molar-refractivity contribution in [2.45, 2.75) is 37.5 Å². The lowest BCUT2D eigenvalue weighted by atomic mass is 9.75. The number of quaternary nitrogens is 1. The molecule has 0 aromatic heterocycles. The van der Waals surface area contributed by atoms with E-state index in [0.29, 0.717) is 18.8 Å². The molecule has 40 heavy (non-hydrogen) atoms. The number of nitrogens with one attached hydrogen (secondary N) is 3. The number of rotatable bonds is 10. The number of carbonyl (C=O) groups is 1. The maximum Gasteiger partial charge on any atom is 0.321 e. The Kier molecular flexibility index (Phi) is 8.75. The second-order valence-electron chi connectivity index (χ2n) is 10.7. The van der Waals surface area contributed by atoms with Crippen LogP contribution in [0.4, 0.5) is 5.69 Å². The summed E-state index contributed by atoms with van der Waals surface area (Å²) < 4.78 is 33.5. The molecule has 0 saturated carbocycles. The highest BCUT2D eigenvalue weighted by molar-refractivity contribution is 9.10. The number of hydrogen-bond donors (Lipinski definition) is 3. The van der Waals surface area contributed by atoms with Crippen molar-refractivity contribution in [1.29, 1.82) is 0 Å². The number of piperidine rings is 1. The fourth-order valence-electron chi connectivity index (χ4n) is 5.89. The molecule has 2 atom stereocenters. The largest absolute Gasteiger partial charge is 0.375 e. The minimum absolute atomic E-state index is 0.0786. The van der Waals surface area contributed by atoms with Gasteiger partial charge in [-0.1, -0.05) is 80.6 Å². The number of sulfonamides is 1. The Labute approximate surface area is 244 Å². The van der Waals surface area contributed by atoms with E-state index in [1.165, 1.54) is 6.26 Å². The molecule has 1 saturated heterocycles. The lowest BCUT2D eigenvalue weighted by Crippen LogP contribution is -2.68. The van der Waals surface area contributed by atoms with Crippen LogP contribution in [0.2, 0.25) is 0 Å². The summed E-state index contributed by atoms with van der Waals surface area (Å²) in [6.45, 7) is 2.70. The summed E-state index contributed by atoms with van der Waals surface area (Å²) in [5.74, 6) is -0.422. The van der Waals surface area contributed by atoms with Crippen LogP contribution in [0.1, 0.15) is 29.5 Å². The molecule has 0 bridgehead atoms. The third-order valence-corrected chi connectivity index (χ3v) is 10.0. The molecular formula is C30H36BrN4O4S+. The number of halogens is 1. The highest BCUT2D eigenvalue weighted by Gasteiger charge is 2.60. The first-order valence-electron chi connectivity index (χ1n) is 13.5. The summed E-state index contributed by atoms with van der Waals surface area (Å²) in [7, 11) is -3.81. The molecular weight excluding hydrogens is 592 g/mol. The van der Waals surface area contributed by atoms with Gasteiger partial charge in [-0.3, -0.25) is 10.1 Å². The van der Waals surface area contributed by atoms with Gasteiger partial charge in [0.1, 0.15) is 12.6 Å². The third kappa shape index (κ3) is 6.02. The van der Waals surface area contributed by atoms with E-state index < -0.39 is 26.0 Å². The quantitative estimate of drug-likeness (QED) is 0.296. The molecule has 2 aliphatic heterocycles. The normalized spacial score (nSPS) is 20.6. The Bertz CT molecular complexity index is 1450. The van der Waals surface area contributed by atoms with Crippen molar-refractivity contribution in [1.82, 2.24) is 20.1 Å². The molecule has 212 valence electrons. The Balaban J connectivity index is 1.42. The summed E-state index contributed by atoms with van der Waals surface area (Å²) in [5, 5.41) is 6.71. The van der Waals surface area contributed by atoms with E-state index in [4.69, 9.17) is 4.74 Å². The van der Waals surface area contributed by atoms with E-state index >= 15 is 0 Å². The first-order chi connectivity index (χ1) is 19.2. The third-order valence-electron chi connectivity index (χ3n) is 7.96. The molecule has 1 spiro atoms. The summed E-state index contributed by atoms with van der Waals surface area (Å²) in [6, 6.07) is 24.5. The van der Waals surface area contributed by atoms with Crippen molar-refractivity contribution in [3.63, 3.8) is 0 Å². The van der Waals surface area contributed by atoms with Gasteiger partial charge < -0.3 is 10.1 Å². The standard InChI is InChI=1S/C30H35BrN4O4S/c1-40(37,38)35(22-30(14-16-32-17-15-30)26-12-5-6-13-28(26)35)34-29(36)27(21-39-20-23-8-3-2-4-9-23)33-19-24-10-7-11-25(31)18-24/h2-13,18,27,32-33H,14-17,19-22H2,1H3/p+1. The minimum Gasteiger partial charge on any atom is -0.375 e. The SMILES string of the molecule is CS(=O)(=O)[N+]1(NC(=O)C(COCc2ccccc2)NCc2cccc(Br)c2)CC2(CCNCC2)c2ccccc21. The highest BCUT2D eigenvalue weighted by atomic mass is 79.9. The molecule has 8 nitrogen and oxygen atoms in total. The van der Waals surface area contributed by atoms with Gasteiger partial charge in [-0.25, -0.2) is 0 Å². The van der Waals surface area contributed by atoms with Crippen LogP contribution in [0.15, 0.2) is 83.3 Å². The molecule has 2 aliphatic rings. The average molecular weight is 629 g/mol. The Morgan fingerprint density at radius 3 is 2.45 bits per heavy atom. The second-order valence-corrected chi connectivity index (χ2v) is 13.7. The smallest absolute Gasteiger partial charge is 0.321 e. The van der Waals surface area contributed by atoms with E-state index in [1.807, 2.05) is 78.9 Å². The van der Waals surface area contributed by atoms with Crippen LogP contribution in [0.3, 0.4) is 0 Å². The molecule has 3 N–H and O–H groups in total. The van der Waals surface area contributed by atoms with Crippen LogP contribution >= 0.6 is 15.9 Å². The van der Waals surface area contributed by atoms with Gasteiger partial charge in [0.2, 0.25) is 0 Å². The van der Waals surface area contributed by atoms with Crippen LogP contribution in [-0.2, 0) is 38.1 Å². The van der Waals surface area contributed by atoms with E-state index in [2.05, 4.69) is 32.0 Å². The monoisotopic (exact) mass is 627 g/mol. The molecule has 2 unspecified atom stereocenters. The zero-order valence-corrected chi connectivity index (χ0v) is 25.0. The number of para-hydroxylation sites is 1. The maximum absolute atomic E-state index is 14.0. The van der Waals surface area contributed by atoms with Crippen LogP contribution in [-0.4, -0.2) is 52.9 Å². The zero-order chi connectivity index (χ0) is 28.2. The Morgan fingerprint density at radius 2 is 1.73 bits per heavy atom. The van der Waals surface area contributed by atoms with E-state index in [1.54, 1.807) is 0 Å². The maximum atomic E-state index is 14.0. The van der Waals surface area contributed by atoms with E-state index in [0.717, 1.165) is 47.1 Å². The van der Waals surface area contributed by atoms with Gasteiger partial charge in [-0.05, 0) is 49.2 Å². The van der Waals surface area contributed by atoms with Crippen molar-refractivity contribution in [3.05, 3.63) is 100 Å². The molecule has 2 heterocycles. The number of fused-ring (bicyclic) bond motifs is 2. The van der Waals surface area contributed by atoms with Crippen molar-refractivity contribution in [2.75, 3.05) is 32.5 Å². The second kappa shape index (κ2) is 12.1. The van der Waals surface area contributed by atoms with Crippen LogP contribution in [0, 0.1) is 0 Å². The molecule has 0 aliphatic carbocycles. The first kappa shape index (κ1) is 28.9. The Hall–Kier alpha value is -2.60. The number of benzene rings is 3.